The predicted molar refractivity (Wildman–Crippen MR) is 97.6 cm³/mol. The highest BCUT2D eigenvalue weighted by Gasteiger charge is 2.44. The van der Waals surface area contributed by atoms with Crippen LogP contribution in [-0.4, -0.2) is 38.6 Å². The summed E-state index contributed by atoms with van der Waals surface area (Å²) < 4.78 is 5.27. The van der Waals surface area contributed by atoms with Crippen LogP contribution >= 0.6 is 11.3 Å². The van der Waals surface area contributed by atoms with E-state index in [1.165, 1.54) is 11.1 Å². The third-order valence-corrected chi connectivity index (χ3v) is 5.37. The molecule has 1 heterocycles. The molecule has 1 N–H and O–H groups in total. The summed E-state index contributed by atoms with van der Waals surface area (Å²) in [4.78, 5) is 14.6. The van der Waals surface area contributed by atoms with Crippen molar-refractivity contribution in [1.29, 1.82) is 0 Å². The van der Waals surface area contributed by atoms with E-state index in [-0.39, 0.29) is 17.9 Å². The van der Waals surface area contributed by atoms with E-state index < -0.39 is 0 Å². The lowest BCUT2D eigenvalue weighted by Gasteiger charge is -2.24. The number of hydrogen-bond acceptors (Lipinski definition) is 4. The molecule has 5 heteroatoms. The molecule has 1 aromatic heterocycles. The highest BCUT2D eigenvalue weighted by molar-refractivity contribution is 7.07. The zero-order chi connectivity index (χ0) is 17.1. The fraction of sp³-hybridized carbons (Fsp3) is 0.421. The van der Waals surface area contributed by atoms with Crippen molar-refractivity contribution in [2.24, 2.45) is 5.92 Å². The molecule has 1 aliphatic rings. The normalized spacial score (nSPS) is 20.7. The largest absolute Gasteiger partial charge is 0.497 e. The number of rotatable bonds is 7. The van der Waals surface area contributed by atoms with E-state index in [4.69, 9.17) is 4.74 Å². The molecular weight excluding hydrogens is 320 g/mol. The first kappa shape index (κ1) is 17.0. The zero-order valence-corrected chi connectivity index (χ0v) is 15.2. The van der Waals surface area contributed by atoms with Crippen LogP contribution in [0, 0.1) is 5.92 Å². The van der Waals surface area contributed by atoms with Crippen LogP contribution in [0.3, 0.4) is 0 Å². The standard InChI is InChI=1S/C19H24N2O2S/c1-21(2)18(14-7-8-24-12-14)11-20-19(22)17-10-16(17)13-5-4-6-15(9-13)23-3/h4-9,12,16-18H,10-11H2,1-3H3,(H,20,22)/t16-,17-,18+/m0/s1. The van der Waals surface area contributed by atoms with Crippen molar-refractivity contribution in [3.63, 3.8) is 0 Å². The van der Waals surface area contributed by atoms with Gasteiger partial charge in [-0.2, -0.15) is 11.3 Å². The van der Waals surface area contributed by atoms with Crippen molar-refractivity contribution in [3.8, 4) is 5.75 Å². The Bertz CT molecular complexity index is 684. The topological polar surface area (TPSA) is 41.6 Å². The third kappa shape index (κ3) is 3.79. The Morgan fingerprint density at radius 1 is 1.42 bits per heavy atom. The number of ether oxygens (including phenoxy) is 1. The van der Waals surface area contributed by atoms with Crippen LogP contribution in [0.15, 0.2) is 41.1 Å². The van der Waals surface area contributed by atoms with Crippen LogP contribution in [0.5, 0.6) is 5.75 Å². The van der Waals surface area contributed by atoms with Gasteiger partial charge >= 0.3 is 0 Å². The number of nitrogens with one attached hydrogen (secondary N) is 1. The molecule has 3 rings (SSSR count). The number of thiophene rings is 1. The minimum Gasteiger partial charge on any atom is -0.497 e. The number of amides is 1. The van der Waals surface area contributed by atoms with Gasteiger partial charge in [0.2, 0.25) is 5.91 Å². The van der Waals surface area contributed by atoms with Crippen molar-refractivity contribution in [1.82, 2.24) is 10.2 Å². The Morgan fingerprint density at radius 2 is 2.25 bits per heavy atom. The molecule has 1 aliphatic carbocycles. The van der Waals surface area contributed by atoms with E-state index >= 15 is 0 Å². The monoisotopic (exact) mass is 344 g/mol. The summed E-state index contributed by atoms with van der Waals surface area (Å²) in [5.41, 5.74) is 2.45. The molecular formula is C19H24N2O2S. The summed E-state index contributed by atoms with van der Waals surface area (Å²) in [6, 6.07) is 10.4. The minimum absolute atomic E-state index is 0.0855. The molecule has 4 nitrogen and oxygen atoms in total. The van der Waals surface area contributed by atoms with E-state index in [2.05, 4.69) is 33.1 Å². The van der Waals surface area contributed by atoms with Crippen LogP contribution in [0.2, 0.25) is 0 Å². The number of likely N-dealkylation sites (N-methyl/N-ethyl adjacent to an activating group) is 1. The van der Waals surface area contributed by atoms with Gasteiger partial charge in [0.1, 0.15) is 5.75 Å². The number of carbonyl (C=O) groups excluding carboxylic acids is 1. The SMILES string of the molecule is COc1cccc([C@@H]2C[C@@H]2C(=O)NC[C@H](c2ccsc2)N(C)C)c1. The molecule has 128 valence electrons. The van der Waals surface area contributed by atoms with E-state index in [0.717, 1.165) is 12.2 Å². The maximum Gasteiger partial charge on any atom is 0.223 e. The summed E-state index contributed by atoms with van der Waals surface area (Å²) in [5, 5.41) is 7.36. The van der Waals surface area contributed by atoms with Crippen molar-refractivity contribution in [2.45, 2.75) is 18.4 Å². The van der Waals surface area contributed by atoms with Crippen LogP contribution < -0.4 is 10.1 Å². The molecule has 0 spiro atoms. The lowest BCUT2D eigenvalue weighted by molar-refractivity contribution is -0.122. The second kappa shape index (κ2) is 7.36. The van der Waals surface area contributed by atoms with E-state index in [0.29, 0.717) is 12.5 Å². The third-order valence-electron chi connectivity index (χ3n) is 4.67. The Hall–Kier alpha value is -1.85. The number of methoxy groups -OCH3 is 1. The fourth-order valence-corrected chi connectivity index (χ4v) is 3.82. The number of carbonyl (C=O) groups is 1. The molecule has 0 bridgehead atoms. The van der Waals surface area contributed by atoms with Crippen molar-refractivity contribution >= 4 is 17.2 Å². The Morgan fingerprint density at radius 3 is 2.92 bits per heavy atom. The molecule has 1 aromatic carbocycles. The van der Waals surface area contributed by atoms with Crippen LogP contribution in [0.25, 0.3) is 0 Å². The second-order valence-electron chi connectivity index (χ2n) is 6.51. The first-order chi connectivity index (χ1) is 11.6. The molecule has 24 heavy (non-hydrogen) atoms. The molecule has 0 radical (unpaired) electrons. The fourth-order valence-electron chi connectivity index (χ4n) is 3.12. The first-order valence-corrected chi connectivity index (χ1v) is 9.14. The number of nitrogens with zero attached hydrogens (tertiary/aromatic N) is 1. The molecule has 1 amide bonds. The van der Waals surface area contributed by atoms with Crippen LogP contribution in [-0.2, 0) is 4.79 Å². The molecule has 2 aromatic rings. The van der Waals surface area contributed by atoms with Crippen molar-refractivity contribution in [2.75, 3.05) is 27.7 Å². The smallest absolute Gasteiger partial charge is 0.223 e. The van der Waals surface area contributed by atoms with Gasteiger partial charge in [-0.25, -0.2) is 0 Å². The van der Waals surface area contributed by atoms with Gasteiger partial charge in [0.25, 0.3) is 0 Å². The summed E-state index contributed by atoms with van der Waals surface area (Å²) in [7, 11) is 5.76. The van der Waals surface area contributed by atoms with Crippen molar-refractivity contribution in [3.05, 3.63) is 52.2 Å². The van der Waals surface area contributed by atoms with Gasteiger partial charge in [-0.3, -0.25) is 4.79 Å². The minimum atomic E-state index is 0.0855. The molecule has 1 fully saturated rings. The van der Waals surface area contributed by atoms with Crippen LogP contribution in [0.4, 0.5) is 0 Å². The van der Waals surface area contributed by atoms with Gasteiger partial charge in [0, 0.05) is 12.5 Å². The first-order valence-electron chi connectivity index (χ1n) is 8.20. The van der Waals surface area contributed by atoms with E-state index in [1.54, 1.807) is 18.4 Å². The van der Waals surface area contributed by atoms with Crippen molar-refractivity contribution < 1.29 is 9.53 Å². The van der Waals surface area contributed by atoms with E-state index in [1.807, 2.05) is 32.3 Å². The molecule has 0 aliphatic heterocycles. The highest BCUT2D eigenvalue weighted by Crippen LogP contribution is 2.48. The van der Waals surface area contributed by atoms with Gasteiger partial charge in [0.15, 0.2) is 0 Å². The molecule has 1 saturated carbocycles. The summed E-state index contributed by atoms with van der Waals surface area (Å²) >= 11 is 1.69. The average Bonchev–Trinajstić information content (AvgIpc) is 3.22. The van der Waals surface area contributed by atoms with Gasteiger partial charge in [-0.05, 0) is 66.5 Å². The molecule has 0 unspecified atom stereocenters. The zero-order valence-electron chi connectivity index (χ0n) is 14.4. The lowest BCUT2D eigenvalue weighted by atomic mass is 10.1. The quantitative estimate of drug-likeness (QED) is 0.838. The van der Waals surface area contributed by atoms with Crippen LogP contribution in [0.1, 0.15) is 29.5 Å². The van der Waals surface area contributed by atoms with E-state index in [9.17, 15) is 4.79 Å². The Balaban J connectivity index is 1.56. The van der Waals surface area contributed by atoms with Gasteiger partial charge < -0.3 is 15.0 Å². The maximum absolute atomic E-state index is 12.5. The summed E-state index contributed by atoms with van der Waals surface area (Å²) in [6.45, 7) is 0.643. The highest BCUT2D eigenvalue weighted by atomic mass is 32.1. The molecule has 0 saturated heterocycles. The second-order valence-corrected chi connectivity index (χ2v) is 7.29. The molecule has 3 atom stereocenters. The summed E-state index contributed by atoms with van der Waals surface area (Å²) in [6.07, 6.45) is 0.921. The Labute approximate surface area is 147 Å². The van der Waals surface area contributed by atoms with Gasteiger partial charge in [-0.15, -0.1) is 0 Å². The Kier molecular flexibility index (Phi) is 5.21. The lowest BCUT2D eigenvalue weighted by Crippen LogP contribution is -2.35. The number of benzene rings is 1. The average molecular weight is 344 g/mol. The van der Waals surface area contributed by atoms with Gasteiger partial charge in [-0.1, -0.05) is 12.1 Å². The van der Waals surface area contributed by atoms with Gasteiger partial charge in [0.05, 0.1) is 13.2 Å². The maximum atomic E-state index is 12.5. The summed E-state index contributed by atoms with van der Waals surface area (Å²) in [5.74, 6) is 1.41. The number of hydrogen-bond donors (Lipinski definition) is 1. The predicted octanol–water partition coefficient (Wildman–Crippen LogP) is 3.28.